The van der Waals surface area contributed by atoms with E-state index in [0.717, 1.165) is 21.8 Å². The number of carbonyl (C=O) groups excluding carboxylic acids is 1. The average Bonchev–Trinajstić information content (AvgIpc) is 2.95. The van der Waals surface area contributed by atoms with E-state index in [1.807, 2.05) is 36.4 Å². The topological polar surface area (TPSA) is 96.7 Å². The Morgan fingerprint density at radius 1 is 1.13 bits per heavy atom. The number of anilines is 2. The van der Waals surface area contributed by atoms with E-state index >= 15 is 0 Å². The number of hydrogen-bond acceptors (Lipinski definition) is 4. The number of amides is 1. The largest absolute Gasteiger partial charge is 0.382 e. The fourth-order valence-electron chi connectivity index (χ4n) is 2.51. The Bertz CT molecular complexity index is 1040. The van der Waals surface area contributed by atoms with E-state index in [2.05, 4.69) is 20.5 Å². The minimum Gasteiger partial charge on any atom is -0.382 e. The first kappa shape index (κ1) is 13.3. The van der Waals surface area contributed by atoms with Crippen molar-refractivity contribution in [1.82, 2.24) is 15.2 Å². The Hall–Kier alpha value is -3.41. The van der Waals surface area contributed by atoms with Crippen LogP contribution in [0.3, 0.4) is 0 Å². The van der Waals surface area contributed by atoms with Crippen molar-refractivity contribution in [2.75, 3.05) is 11.1 Å². The lowest BCUT2D eigenvalue weighted by atomic mass is 10.1. The number of aromatic nitrogens is 3. The van der Waals surface area contributed by atoms with Gasteiger partial charge in [-0.3, -0.25) is 14.9 Å². The maximum Gasteiger partial charge on any atom is 0.257 e. The van der Waals surface area contributed by atoms with Crippen LogP contribution in [-0.2, 0) is 0 Å². The molecule has 2 aromatic heterocycles. The molecular weight excluding hydrogens is 290 g/mol. The molecule has 0 fully saturated rings. The van der Waals surface area contributed by atoms with Crippen molar-refractivity contribution in [2.45, 2.75) is 0 Å². The highest BCUT2D eigenvalue weighted by molar-refractivity contribution is 6.06. The molecule has 2 heterocycles. The van der Waals surface area contributed by atoms with Gasteiger partial charge in [-0.25, -0.2) is 0 Å². The van der Waals surface area contributed by atoms with Crippen molar-refractivity contribution >= 4 is 39.2 Å². The Labute approximate surface area is 131 Å². The summed E-state index contributed by atoms with van der Waals surface area (Å²) in [7, 11) is 0. The highest BCUT2D eigenvalue weighted by atomic mass is 16.1. The lowest BCUT2D eigenvalue weighted by molar-refractivity contribution is 0.102. The van der Waals surface area contributed by atoms with Gasteiger partial charge < -0.3 is 11.1 Å². The monoisotopic (exact) mass is 303 g/mol. The number of fused-ring (bicyclic) bond motifs is 2. The van der Waals surface area contributed by atoms with Gasteiger partial charge in [0, 0.05) is 22.7 Å². The summed E-state index contributed by atoms with van der Waals surface area (Å²) in [4.78, 5) is 16.7. The molecule has 2 aromatic carbocycles. The van der Waals surface area contributed by atoms with E-state index < -0.39 is 0 Å². The zero-order valence-electron chi connectivity index (χ0n) is 12.1. The van der Waals surface area contributed by atoms with E-state index in [4.69, 9.17) is 5.73 Å². The van der Waals surface area contributed by atoms with Gasteiger partial charge in [0.1, 0.15) is 0 Å². The summed E-state index contributed by atoms with van der Waals surface area (Å²) in [5, 5.41) is 11.3. The molecule has 0 aliphatic rings. The molecule has 0 saturated heterocycles. The summed E-state index contributed by atoms with van der Waals surface area (Å²) in [6.07, 6.45) is 1.57. The maximum absolute atomic E-state index is 12.4. The molecule has 4 N–H and O–H groups in total. The molecule has 0 saturated carbocycles. The van der Waals surface area contributed by atoms with Crippen LogP contribution in [0.2, 0.25) is 0 Å². The van der Waals surface area contributed by atoms with Gasteiger partial charge in [0.2, 0.25) is 0 Å². The van der Waals surface area contributed by atoms with Gasteiger partial charge in [0.05, 0.1) is 16.6 Å². The number of benzene rings is 2. The first-order valence-electron chi connectivity index (χ1n) is 7.10. The normalized spacial score (nSPS) is 11.0. The SMILES string of the molecule is Nc1n[nH]c2ccc(NC(=O)c3cnc4ccccc4c3)cc12. The van der Waals surface area contributed by atoms with Crippen LogP contribution in [0.1, 0.15) is 10.4 Å². The van der Waals surface area contributed by atoms with Crippen LogP contribution in [0.15, 0.2) is 54.7 Å². The molecule has 0 aliphatic carbocycles. The summed E-state index contributed by atoms with van der Waals surface area (Å²) in [6, 6.07) is 14.9. The quantitative estimate of drug-likeness (QED) is 0.530. The smallest absolute Gasteiger partial charge is 0.257 e. The molecule has 112 valence electrons. The molecular formula is C17H13N5O. The van der Waals surface area contributed by atoms with Crippen LogP contribution in [0.5, 0.6) is 0 Å². The van der Waals surface area contributed by atoms with Gasteiger partial charge in [-0.1, -0.05) is 18.2 Å². The Balaban J connectivity index is 1.65. The average molecular weight is 303 g/mol. The standard InChI is InChI=1S/C17H13N5O/c18-16-13-8-12(5-6-15(13)21-22-16)20-17(23)11-7-10-3-1-2-4-14(10)19-9-11/h1-9H,(H,20,23)(H3,18,21,22). The van der Waals surface area contributed by atoms with Gasteiger partial charge in [-0.2, -0.15) is 5.10 Å². The number of aromatic amines is 1. The predicted molar refractivity (Wildman–Crippen MR) is 90.2 cm³/mol. The zero-order valence-corrected chi connectivity index (χ0v) is 12.1. The molecule has 6 heteroatoms. The Kier molecular flexibility index (Phi) is 2.94. The van der Waals surface area contributed by atoms with E-state index in [1.54, 1.807) is 18.3 Å². The van der Waals surface area contributed by atoms with E-state index in [1.165, 1.54) is 0 Å². The Morgan fingerprint density at radius 2 is 2.00 bits per heavy atom. The Morgan fingerprint density at radius 3 is 2.91 bits per heavy atom. The number of nitrogens with zero attached hydrogens (tertiary/aromatic N) is 2. The molecule has 0 radical (unpaired) electrons. The summed E-state index contributed by atoms with van der Waals surface area (Å²) in [5.41, 5.74) is 8.63. The maximum atomic E-state index is 12.4. The highest BCUT2D eigenvalue weighted by Crippen LogP contribution is 2.22. The van der Waals surface area contributed by atoms with Gasteiger partial charge in [0.15, 0.2) is 5.82 Å². The summed E-state index contributed by atoms with van der Waals surface area (Å²) in [6.45, 7) is 0. The summed E-state index contributed by atoms with van der Waals surface area (Å²) >= 11 is 0. The molecule has 0 unspecified atom stereocenters. The second kappa shape index (κ2) is 5.10. The molecule has 6 nitrogen and oxygen atoms in total. The van der Waals surface area contributed by atoms with E-state index in [-0.39, 0.29) is 5.91 Å². The van der Waals surface area contributed by atoms with Crippen molar-refractivity contribution in [1.29, 1.82) is 0 Å². The van der Waals surface area contributed by atoms with Crippen LogP contribution in [0.25, 0.3) is 21.8 Å². The number of nitrogen functional groups attached to an aromatic ring is 1. The van der Waals surface area contributed by atoms with Crippen molar-refractivity contribution in [3.8, 4) is 0 Å². The molecule has 0 bridgehead atoms. The van der Waals surface area contributed by atoms with Crippen molar-refractivity contribution < 1.29 is 4.79 Å². The predicted octanol–water partition coefficient (Wildman–Crippen LogP) is 2.95. The second-order valence-electron chi connectivity index (χ2n) is 5.24. The fraction of sp³-hybridized carbons (Fsp3) is 0. The third-order valence-electron chi connectivity index (χ3n) is 3.70. The number of para-hydroxylation sites is 1. The number of rotatable bonds is 2. The first-order valence-corrected chi connectivity index (χ1v) is 7.10. The number of pyridine rings is 1. The van der Waals surface area contributed by atoms with E-state index in [0.29, 0.717) is 17.1 Å². The number of nitrogens with two attached hydrogens (primary N) is 1. The first-order chi connectivity index (χ1) is 11.2. The molecule has 0 atom stereocenters. The van der Waals surface area contributed by atoms with Crippen LogP contribution in [0, 0.1) is 0 Å². The second-order valence-corrected chi connectivity index (χ2v) is 5.24. The number of carbonyl (C=O) groups is 1. The third kappa shape index (κ3) is 2.36. The van der Waals surface area contributed by atoms with Crippen molar-refractivity contribution in [3.05, 3.63) is 60.3 Å². The van der Waals surface area contributed by atoms with Crippen LogP contribution in [-0.4, -0.2) is 21.1 Å². The minimum atomic E-state index is -0.218. The lowest BCUT2D eigenvalue weighted by Gasteiger charge is -2.06. The third-order valence-corrected chi connectivity index (χ3v) is 3.70. The van der Waals surface area contributed by atoms with Crippen molar-refractivity contribution in [2.24, 2.45) is 0 Å². The molecule has 1 amide bonds. The zero-order chi connectivity index (χ0) is 15.8. The number of nitrogens with one attached hydrogen (secondary N) is 2. The highest BCUT2D eigenvalue weighted by Gasteiger charge is 2.09. The van der Waals surface area contributed by atoms with Crippen LogP contribution < -0.4 is 11.1 Å². The number of H-pyrrole nitrogens is 1. The minimum absolute atomic E-state index is 0.218. The van der Waals surface area contributed by atoms with Gasteiger partial charge >= 0.3 is 0 Å². The van der Waals surface area contributed by atoms with Gasteiger partial charge in [0.25, 0.3) is 5.91 Å². The van der Waals surface area contributed by atoms with Gasteiger partial charge in [-0.15, -0.1) is 0 Å². The van der Waals surface area contributed by atoms with Crippen molar-refractivity contribution in [3.63, 3.8) is 0 Å². The molecule has 4 aromatic rings. The van der Waals surface area contributed by atoms with Gasteiger partial charge in [-0.05, 0) is 30.3 Å². The molecule has 0 spiro atoms. The molecule has 23 heavy (non-hydrogen) atoms. The lowest BCUT2D eigenvalue weighted by Crippen LogP contribution is -2.12. The number of hydrogen-bond donors (Lipinski definition) is 3. The van der Waals surface area contributed by atoms with Crippen LogP contribution in [0.4, 0.5) is 11.5 Å². The summed E-state index contributed by atoms with van der Waals surface area (Å²) < 4.78 is 0. The fourth-order valence-corrected chi connectivity index (χ4v) is 2.51. The summed E-state index contributed by atoms with van der Waals surface area (Å²) in [5.74, 6) is 0.188. The van der Waals surface area contributed by atoms with Crippen LogP contribution >= 0.6 is 0 Å². The molecule has 4 rings (SSSR count). The molecule has 0 aliphatic heterocycles. The van der Waals surface area contributed by atoms with E-state index in [9.17, 15) is 4.79 Å².